The van der Waals surface area contributed by atoms with Crippen LogP contribution in [-0.2, 0) is 4.79 Å². The average molecular weight is 185 g/mol. The molecule has 0 heterocycles. The number of benzene rings is 1. The molecule has 1 nitrogen and oxygen atoms in total. The summed E-state index contributed by atoms with van der Waals surface area (Å²) in [5, 5.41) is 0.873. The van der Waals surface area contributed by atoms with E-state index in [0.717, 1.165) is 5.02 Å². The first-order valence-electron chi connectivity index (χ1n) is 3.75. The van der Waals surface area contributed by atoms with Gasteiger partial charge in [-0.2, -0.15) is 0 Å². The molecule has 0 unspecified atom stereocenters. The second-order valence-electron chi connectivity index (χ2n) is 2.68. The smallest absolute Gasteiger partial charge is 0.106 e. The third-order valence-corrected chi connectivity index (χ3v) is 1.87. The summed E-state index contributed by atoms with van der Waals surface area (Å²) in [5.41, 5.74) is 1.23. The van der Waals surface area contributed by atoms with Gasteiger partial charge in [0.2, 0.25) is 0 Å². The van der Waals surface area contributed by atoms with E-state index in [0.29, 0.717) is 5.92 Å². The monoisotopic (exact) mass is 184 g/mol. The van der Waals surface area contributed by atoms with Crippen LogP contribution in [0, 0.1) is 0 Å². The highest BCUT2D eigenvalue weighted by Gasteiger charge is 2.01. The molecule has 0 radical (unpaired) electrons. The Hall–Kier alpha value is -0.820. The van der Waals surface area contributed by atoms with Crippen molar-refractivity contribution < 1.29 is 4.79 Å². The molecule has 2 heteroatoms. The molecule has 66 valence electrons. The van der Waals surface area contributed by atoms with Gasteiger partial charge < -0.3 is 4.79 Å². The molecular weight excluding hydrogens is 172 g/mol. The summed E-state index contributed by atoms with van der Waals surface area (Å²) in [6.45, 7) is 6.28. The molecule has 0 spiro atoms. The molecule has 0 aliphatic rings. The number of carbonyl (C=O) groups is 1. The number of hydrogen-bond acceptors (Lipinski definition) is 1. The number of rotatable bonds is 1. The van der Waals surface area contributed by atoms with Gasteiger partial charge in [0, 0.05) is 5.02 Å². The quantitative estimate of drug-likeness (QED) is 0.655. The zero-order valence-corrected chi connectivity index (χ0v) is 8.14. The van der Waals surface area contributed by atoms with E-state index >= 15 is 0 Å². The lowest BCUT2D eigenvalue weighted by Gasteiger charge is -2.05. The lowest BCUT2D eigenvalue weighted by Crippen LogP contribution is -1.86. The zero-order chi connectivity index (χ0) is 9.56. The standard InChI is InChI=1S/C9H11Cl.CH2O/c1-7(2)8-5-3-4-6-9(8)10;1-2/h3-7H,1-2H3;1H2. The highest BCUT2D eigenvalue weighted by Crippen LogP contribution is 2.22. The molecule has 1 aromatic carbocycles. The van der Waals surface area contributed by atoms with E-state index in [1.165, 1.54) is 5.56 Å². The summed E-state index contributed by atoms with van der Waals surface area (Å²) in [6.07, 6.45) is 0. The first-order valence-corrected chi connectivity index (χ1v) is 4.13. The van der Waals surface area contributed by atoms with E-state index in [1.807, 2.05) is 25.0 Å². The minimum absolute atomic E-state index is 0.522. The van der Waals surface area contributed by atoms with Crippen LogP contribution in [0.2, 0.25) is 5.02 Å². The SMILES string of the molecule is C=O.CC(C)c1ccccc1Cl. The van der Waals surface area contributed by atoms with E-state index in [2.05, 4.69) is 19.9 Å². The van der Waals surface area contributed by atoms with E-state index in [-0.39, 0.29) is 0 Å². The second-order valence-corrected chi connectivity index (χ2v) is 3.08. The number of halogens is 1. The van der Waals surface area contributed by atoms with Gasteiger partial charge in [0.05, 0.1) is 0 Å². The molecule has 0 fully saturated rings. The van der Waals surface area contributed by atoms with E-state index in [1.54, 1.807) is 0 Å². The molecule has 0 aliphatic carbocycles. The molecule has 0 N–H and O–H groups in total. The molecule has 0 bridgehead atoms. The molecule has 0 amide bonds. The van der Waals surface area contributed by atoms with Crippen molar-refractivity contribution in [2.75, 3.05) is 0 Å². The Balaban J connectivity index is 0.000000561. The Bertz CT molecular complexity index is 233. The van der Waals surface area contributed by atoms with Crippen LogP contribution in [0.15, 0.2) is 24.3 Å². The molecule has 0 atom stereocenters. The van der Waals surface area contributed by atoms with Crippen molar-refractivity contribution in [3.63, 3.8) is 0 Å². The van der Waals surface area contributed by atoms with E-state index in [9.17, 15) is 0 Å². The van der Waals surface area contributed by atoms with Crippen molar-refractivity contribution in [2.45, 2.75) is 19.8 Å². The fraction of sp³-hybridized carbons (Fsp3) is 0.300. The van der Waals surface area contributed by atoms with Gasteiger partial charge in [0.15, 0.2) is 0 Å². The highest BCUT2D eigenvalue weighted by atomic mass is 35.5. The van der Waals surface area contributed by atoms with Gasteiger partial charge in [-0.3, -0.25) is 0 Å². The topological polar surface area (TPSA) is 17.1 Å². The third-order valence-electron chi connectivity index (χ3n) is 1.53. The van der Waals surface area contributed by atoms with Crippen molar-refractivity contribution >= 4 is 18.4 Å². The molecule has 0 saturated heterocycles. The minimum atomic E-state index is 0.522. The molecule has 0 aromatic heterocycles. The summed E-state index contributed by atoms with van der Waals surface area (Å²) < 4.78 is 0. The fourth-order valence-corrected chi connectivity index (χ4v) is 1.30. The number of hydrogen-bond donors (Lipinski definition) is 0. The van der Waals surface area contributed by atoms with Crippen molar-refractivity contribution in [2.24, 2.45) is 0 Å². The normalized spacial score (nSPS) is 9.00. The Kier molecular flexibility index (Phi) is 5.39. The van der Waals surface area contributed by atoms with E-state index < -0.39 is 0 Å². The van der Waals surface area contributed by atoms with Crippen LogP contribution in [0.5, 0.6) is 0 Å². The van der Waals surface area contributed by atoms with Crippen molar-refractivity contribution in [1.29, 1.82) is 0 Å². The Morgan fingerprint density at radius 2 is 1.75 bits per heavy atom. The van der Waals surface area contributed by atoms with E-state index in [4.69, 9.17) is 16.4 Å². The van der Waals surface area contributed by atoms with Gasteiger partial charge >= 0.3 is 0 Å². The van der Waals surface area contributed by atoms with Crippen LogP contribution >= 0.6 is 11.6 Å². The summed E-state index contributed by atoms with van der Waals surface area (Å²) in [5.74, 6) is 0.522. The van der Waals surface area contributed by atoms with Gasteiger partial charge in [-0.25, -0.2) is 0 Å². The summed E-state index contributed by atoms with van der Waals surface area (Å²) in [4.78, 5) is 8.00. The Labute approximate surface area is 78.4 Å². The van der Waals surface area contributed by atoms with Gasteiger partial charge in [-0.1, -0.05) is 43.6 Å². The molecule has 1 rings (SSSR count). The predicted molar refractivity (Wildman–Crippen MR) is 52.7 cm³/mol. The van der Waals surface area contributed by atoms with Crippen LogP contribution in [0.25, 0.3) is 0 Å². The third kappa shape index (κ3) is 3.05. The van der Waals surface area contributed by atoms with Crippen LogP contribution in [0.1, 0.15) is 25.3 Å². The minimum Gasteiger partial charge on any atom is -0.307 e. The van der Waals surface area contributed by atoms with Gasteiger partial charge in [-0.15, -0.1) is 0 Å². The maximum atomic E-state index is 8.00. The number of carbonyl (C=O) groups excluding carboxylic acids is 1. The highest BCUT2D eigenvalue weighted by molar-refractivity contribution is 6.31. The lowest BCUT2D eigenvalue weighted by atomic mass is 10.0. The largest absolute Gasteiger partial charge is 0.307 e. The maximum Gasteiger partial charge on any atom is 0.106 e. The van der Waals surface area contributed by atoms with Gasteiger partial charge in [0.1, 0.15) is 6.79 Å². The van der Waals surface area contributed by atoms with Crippen LogP contribution in [0.3, 0.4) is 0 Å². The maximum absolute atomic E-state index is 8.00. The molecule has 0 aliphatic heterocycles. The van der Waals surface area contributed by atoms with Crippen molar-refractivity contribution in [3.8, 4) is 0 Å². The van der Waals surface area contributed by atoms with Gasteiger partial charge in [0.25, 0.3) is 0 Å². The first kappa shape index (κ1) is 11.2. The van der Waals surface area contributed by atoms with Crippen molar-refractivity contribution in [3.05, 3.63) is 34.9 Å². The average Bonchev–Trinajstić information content (AvgIpc) is 2.08. The molecule has 1 aromatic rings. The second kappa shape index (κ2) is 5.78. The fourth-order valence-electron chi connectivity index (χ4n) is 0.943. The molecular formula is C10H13ClO. The predicted octanol–water partition coefficient (Wildman–Crippen LogP) is 3.28. The Morgan fingerprint density at radius 3 is 2.08 bits per heavy atom. The molecule has 0 saturated carbocycles. The zero-order valence-electron chi connectivity index (χ0n) is 7.38. The van der Waals surface area contributed by atoms with Gasteiger partial charge in [-0.05, 0) is 17.5 Å². The Morgan fingerprint density at radius 1 is 1.25 bits per heavy atom. The first-order chi connectivity index (χ1) is 5.72. The van der Waals surface area contributed by atoms with Crippen LogP contribution in [0.4, 0.5) is 0 Å². The summed E-state index contributed by atoms with van der Waals surface area (Å²) >= 11 is 5.92. The summed E-state index contributed by atoms with van der Waals surface area (Å²) in [6, 6.07) is 7.96. The van der Waals surface area contributed by atoms with Crippen molar-refractivity contribution in [1.82, 2.24) is 0 Å². The van der Waals surface area contributed by atoms with Crippen LogP contribution < -0.4 is 0 Å². The van der Waals surface area contributed by atoms with Crippen LogP contribution in [-0.4, -0.2) is 6.79 Å². The lowest BCUT2D eigenvalue weighted by molar-refractivity contribution is -0.0979. The molecule has 12 heavy (non-hydrogen) atoms. The summed E-state index contributed by atoms with van der Waals surface area (Å²) in [7, 11) is 0.